The van der Waals surface area contributed by atoms with Crippen LogP contribution >= 0.6 is 11.3 Å². The molecule has 0 aliphatic rings. The lowest BCUT2D eigenvalue weighted by atomic mass is 10.1. The van der Waals surface area contributed by atoms with Gasteiger partial charge in [-0.05, 0) is 25.5 Å². The molecule has 2 heterocycles. The summed E-state index contributed by atoms with van der Waals surface area (Å²) in [6, 6.07) is 9.88. The number of benzene rings is 1. The van der Waals surface area contributed by atoms with E-state index in [0.29, 0.717) is 18.0 Å². The summed E-state index contributed by atoms with van der Waals surface area (Å²) in [6.45, 7) is 4.62. The van der Waals surface area contributed by atoms with E-state index in [1.54, 1.807) is 4.52 Å². The van der Waals surface area contributed by atoms with Gasteiger partial charge >= 0.3 is 0 Å². The van der Waals surface area contributed by atoms with Crippen LogP contribution in [-0.4, -0.2) is 21.2 Å². The van der Waals surface area contributed by atoms with Gasteiger partial charge in [-0.15, -0.1) is 0 Å². The molecule has 0 saturated carbocycles. The highest BCUT2D eigenvalue weighted by Gasteiger charge is 2.20. The van der Waals surface area contributed by atoms with E-state index in [0.717, 1.165) is 34.1 Å². The van der Waals surface area contributed by atoms with Gasteiger partial charge in [-0.2, -0.15) is 14.9 Å². The van der Waals surface area contributed by atoms with Crippen LogP contribution in [0.1, 0.15) is 31.0 Å². The summed E-state index contributed by atoms with van der Waals surface area (Å²) in [5.74, 6) is 0.737. The van der Waals surface area contributed by atoms with Gasteiger partial charge in [0.05, 0.1) is 6.61 Å². The van der Waals surface area contributed by atoms with E-state index in [4.69, 9.17) is 4.74 Å². The molecule has 0 bridgehead atoms. The normalized spacial score (nSPS) is 10.8. The van der Waals surface area contributed by atoms with Crippen molar-refractivity contribution >= 4 is 16.3 Å². The van der Waals surface area contributed by atoms with Crippen LogP contribution in [0.5, 0.6) is 5.75 Å². The van der Waals surface area contributed by atoms with Crippen LogP contribution in [-0.2, 0) is 6.42 Å². The summed E-state index contributed by atoms with van der Waals surface area (Å²) < 4.78 is 7.30. The molecule has 0 fully saturated rings. The second-order valence-corrected chi connectivity index (χ2v) is 5.83. The van der Waals surface area contributed by atoms with Gasteiger partial charge in [0.1, 0.15) is 22.5 Å². The number of hydrogen-bond donors (Lipinski definition) is 0. The zero-order valence-electron chi connectivity index (χ0n) is 12.5. The zero-order chi connectivity index (χ0) is 15.5. The fourth-order valence-electron chi connectivity index (χ4n) is 2.33. The molecule has 0 unspecified atom stereocenters. The number of aromatic nitrogens is 3. The van der Waals surface area contributed by atoms with Gasteiger partial charge in [-0.3, -0.25) is 0 Å². The molecule has 5 nitrogen and oxygen atoms in total. The Kier molecular flexibility index (Phi) is 4.07. The van der Waals surface area contributed by atoms with Crippen molar-refractivity contribution in [3.05, 3.63) is 35.0 Å². The summed E-state index contributed by atoms with van der Waals surface area (Å²) >= 11 is 1.53. The summed E-state index contributed by atoms with van der Waals surface area (Å²) in [4.78, 5) is 5.37. The van der Waals surface area contributed by atoms with E-state index >= 15 is 0 Å². The van der Waals surface area contributed by atoms with Crippen molar-refractivity contribution in [3.8, 4) is 23.1 Å². The second-order valence-electron chi connectivity index (χ2n) is 4.79. The largest absolute Gasteiger partial charge is 0.493 e. The molecule has 0 N–H and O–H groups in total. The van der Waals surface area contributed by atoms with Gasteiger partial charge in [0.2, 0.25) is 4.96 Å². The minimum atomic E-state index is 0.459. The average Bonchev–Trinajstić information content (AvgIpc) is 3.05. The van der Waals surface area contributed by atoms with E-state index in [-0.39, 0.29) is 0 Å². The number of hydrogen-bond acceptors (Lipinski definition) is 5. The Hall–Kier alpha value is -2.39. The zero-order valence-corrected chi connectivity index (χ0v) is 13.4. The lowest BCUT2D eigenvalue weighted by molar-refractivity contribution is 0.341. The fraction of sp³-hybridized carbons (Fsp3) is 0.312. The van der Waals surface area contributed by atoms with Gasteiger partial charge in [0, 0.05) is 12.0 Å². The molecule has 0 atom stereocenters. The Balaban J connectivity index is 2.16. The Morgan fingerprint density at radius 1 is 1.32 bits per heavy atom. The SMILES string of the molecule is CCCc1nn2c(C#N)c(-c3ccccc3OCC)nc2s1. The van der Waals surface area contributed by atoms with Gasteiger partial charge in [-0.1, -0.05) is 30.4 Å². The van der Waals surface area contributed by atoms with E-state index in [1.165, 1.54) is 11.3 Å². The summed E-state index contributed by atoms with van der Waals surface area (Å²) in [6.07, 6.45) is 1.93. The Labute approximate surface area is 132 Å². The van der Waals surface area contributed by atoms with E-state index in [2.05, 4.69) is 23.1 Å². The number of nitriles is 1. The predicted molar refractivity (Wildman–Crippen MR) is 86.2 cm³/mol. The highest BCUT2D eigenvalue weighted by atomic mass is 32.1. The van der Waals surface area contributed by atoms with Crippen LogP contribution in [0.25, 0.3) is 16.2 Å². The van der Waals surface area contributed by atoms with Crippen molar-refractivity contribution in [2.24, 2.45) is 0 Å². The van der Waals surface area contributed by atoms with Crippen LogP contribution in [0.15, 0.2) is 24.3 Å². The quantitative estimate of drug-likeness (QED) is 0.721. The number of ether oxygens (including phenoxy) is 1. The van der Waals surface area contributed by atoms with E-state index in [9.17, 15) is 5.26 Å². The van der Waals surface area contributed by atoms with Gasteiger partial charge in [-0.25, -0.2) is 4.98 Å². The molecule has 0 aliphatic heterocycles. The number of para-hydroxylation sites is 1. The molecule has 3 rings (SSSR count). The monoisotopic (exact) mass is 312 g/mol. The molecule has 0 radical (unpaired) electrons. The highest BCUT2D eigenvalue weighted by molar-refractivity contribution is 7.16. The maximum absolute atomic E-state index is 9.54. The molecular weight excluding hydrogens is 296 g/mol. The summed E-state index contributed by atoms with van der Waals surface area (Å²) in [5, 5.41) is 15.0. The van der Waals surface area contributed by atoms with Gasteiger partial charge < -0.3 is 4.74 Å². The Morgan fingerprint density at radius 2 is 2.14 bits per heavy atom. The third-order valence-corrected chi connectivity index (χ3v) is 4.23. The standard InChI is InChI=1S/C16H16N4OS/c1-3-7-14-19-20-12(10-17)15(18-16(20)22-14)11-8-5-6-9-13(11)21-4-2/h5-6,8-9H,3-4,7H2,1-2H3. The number of nitrogens with zero attached hydrogens (tertiary/aromatic N) is 4. The van der Waals surface area contributed by atoms with Crippen molar-refractivity contribution in [1.29, 1.82) is 5.26 Å². The van der Waals surface area contributed by atoms with Crippen molar-refractivity contribution in [2.45, 2.75) is 26.7 Å². The van der Waals surface area contributed by atoms with Crippen LogP contribution in [0.2, 0.25) is 0 Å². The predicted octanol–water partition coefficient (Wildman–Crippen LogP) is 3.68. The van der Waals surface area contributed by atoms with Gasteiger partial charge in [0.25, 0.3) is 0 Å². The molecular formula is C16H16N4OS. The molecule has 0 aliphatic carbocycles. The lowest BCUT2D eigenvalue weighted by Gasteiger charge is -2.07. The highest BCUT2D eigenvalue weighted by Crippen LogP contribution is 2.33. The number of aryl methyl sites for hydroxylation is 1. The first-order valence-electron chi connectivity index (χ1n) is 7.29. The smallest absolute Gasteiger partial charge is 0.214 e. The minimum absolute atomic E-state index is 0.459. The van der Waals surface area contributed by atoms with Crippen LogP contribution in [0.3, 0.4) is 0 Å². The van der Waals surface area contributed by atoms with Crippen LogP contribution < -0.4 is 4.74 Å². The molecule has 2 aromatic heterocycles. The fourth-order valence-corrected chi connectivity index (χ4v) is 3.33. The van der Waals surface area contributed by atoms with Crippen molar-refractivity contribution in [3.63, 3.8) is 0 Å². The average molecular weight is 312 g/mol. The first kappa shape index (κ1) is 14.5. The maximum atomic E-state index is 9.54. The number of imidazole rings is 1. The topological polar surface area (TPSA) is 63.2 Å². The second kappa shape index (κ2) is 6.16. The molecule has 3 aromatic rings. The molecule has 22 heavy (non-hydrogen) atoms. The molecule has 0 amide bonds. The van der Waals surface area contributed by atoms with Crippen LogP contribution in [0, 0.1) is 11.3 Å². The lowest BCUT2D eigenvalue weighted by Crippen LogP contribution is -1.96. The van der Waals surface area contributed by atoms with E-state index < -0.39 is 0 Å². The molecule has 112 valence electrons. The maximum Gasteiger partial charge on any atom is 0.214 e. The molecule has 6 heteroatoms. The Morgan fingerprint density at radius 3 is 2.86 bits per heavy atom. The van der Waals surface area contributed by atoms with Gasteiger partial charge in [0.15, 0.2) is 5.69 Å². The van der Waals surface area contributed by atoms with Crippen LogP contribution in [0.4, 0.5) is 0 Å². The first-order valence-corrected chi connectivity index (χ1v) is 8.10. The minimum Gasteiger partial charge on any atom is -0.493 e. The molecule has 1 aromatic carbocycles. The first-order chi connectivity index (χ1) is 10.8. The third kappa shape index (κ3) is 2.44. The van der Waals surface area contributed by atoms with Crippen molar-refractivity contribution in [2.75, 3.05) is 6.61 Å². The van der Waals surface area contributed by atoms with Crippen molar-refractivity contribution in [1.82, 2.24) is 14.6 Å². The summed E-state index contributed by atoms with van der Waals surface area (Å²) in [7, 11) is 0. The number of fused-ring (bicyclic) bond motifs is 1. The summed E-state index contributed by atoms with van der Waals surface area (Å²) in [5.41, 5.74) is 1.92. The molecule has 0 saturated heterocycles. The number of rotatable bonds is 5. The Bertz CT molecular complexity index is 844. The third-order valence-electron chi connectivity index (χ3n) is 3.26. The van der Waals surface area contributed by atoms with E-state index in [1.807, 2.05) is 31.2 Å². The molecule has 0 spiro atoms. The van der Waals surface area contributed by atoms with Crippen molar-refractivity contribution < 1.29 is 4.74 Å².